The highest BCUT2D eigenvalue weighted by Crippen LogP contribution is 2.40. The van der Waals surface area contributed by atoms with Crippen LogP contribution in [-0.4, -0.2) is 104 Å². The van der Waals surface area contributed by atoms with Crippen molar-refractivity contribution >= 4 is 51.9 Å². The van der Waals surface area contributed by atoms with E-state index < -0.39 is 52.9 Å². The van der Waals surface area contributed by atoms with Crippen LogP contribution in [0.25, 0.3) is 27.4 Å². The fourth-order valence-corrected chi connectivity index (χ4v) is 9.26. The molecule has 2 aromatic heterocycles. The molecule has 3 atom stereocenters. The highest BCUT2D eigenvalue weighted by atomic mass is 32.1. The Hall–Kier alpha value is -5.94. The van der Waals surface area contributed by atoms with Crippen LogP contribution in [0.3, 0.4) is 0 Å². The van der Waals surface area contributed by atoms with Gasteiger partial charge < -0.3 is 30.4 Å². The van der Waals surface area contributed by atoms with Crippen LogP contribution in [-0.2, 0) is 38.7 Å². The fourth-order valence-electron chi connectivity index (χ4n) is 8.46. The maximum atomic E-state index is 14.7. The number of carbonyl (C=O) groups is 4. The summed E-state index contributed by atoms with van der Waals surface area (Å²) in [6.07, 6.45) is 7.84. The van der Waals surface area contributed by atoms with E-state index >= 15 is 0 Å². The molecule has 67 heavy (non-hydrogen) atoms. The first-order valence-electron chi connectivity index (χ1n) is 23.0. The summed E-state index contributed by atoms with van der Waals surface area (Å²) in [6, 6.07) is 20.1. The number of benzene rings is 3. The third kappa shape index (κ3) is 12.7. The molecular formula is C51H62FN7O7S. The maximum Gasteiger partial charge on any atom is 0.267 e. The Bertz CT molecular complexity index is 2550. The number of para-hydroxylation sites is 1. The summed E-state index contributed by atoms with van der Waals surface area (Å²) in [4.78, 5) is 64.6. The summed E-state index contributed by atoms with van der Waals surface area (Å²) in [7, 11) is 0. The largest absolute Gasteiger partial charge is 0.493 e. The van der Waals surface area contributed by atoms with Crippen molar-refractivity contribution in [1.29, 1.82) is 0 Å². The van der Waals surface area contributed by atoms with Gasteiger partial charge in [-0.3, -0.25) is 29.3 Å². The monoisotopic (exact) mass is 935 g/mol. The number of aliphatic hydroxyl groups excluding tert-OH is 1. The van der Waals surface area contributed by atoms with Gasteiger partial charge in [-0.25, -0.2) is 14.9 Å². The van der Waals surface area contributed by atoms with Gasteiger partial charge in [-0.15, -0.1) is 11.3 Å². The number of H-pyrrole nitrogens is 1. The number of aromatic amines is 1. The number of hydrogen-bond donors (Lipinski definition) is 6. The van der Waals surface area contributed by atoms with E-state index in [1.807, 2.05) is 43.3 Å². The molecule has 7 rings (SSSR count). The lowest BCUT2D eigenvalue weighted by Crippen LogP contribution is -2.59. The number of halogens is 1. The Kier molecular flexibility index (Phi) is 15.9. The molecule has 0 spiro atoms. The highest BCUT2D eigenvalue weighted by molar-refractivity contribution is 7.13. The molecule has 1 aliphatic heterocycles. The van der Waals surface area contributed by atoms with Crippen LogP contribution in [0.2, 0.25) is 0 Å². The Morgan fingerprint density at radius 1 is 1.04 bits per heavy atom. The number of nitrogens with zero attached hydrogens (tertiary/aromatic N) is 3. The summed E-state index contributed by atoms with van der Waals surface area (Å²) in [5.74, 6) is -1.78. The lowest BCUT2D eigenvalue weighted by Gasteiger charge is -2.35. The summed E-state index contributed by atoms with van der Waals surface area (Å²) in [5.41, 5.74) is 7.63. The average Bonchev–Trinajstić information content (AvgIpc) is 3.57. The molecule has 0 bridgehead atoms. The number of thiazole rings is 1. The van der Waals surface area contributed by atoms with Gasteiger partial charge in [0, 0.05) is 61.3 Å². The number of fused-ring (bicyclic) bond motifs is 1. The number of aliphatic hydroxyl groups is 1. The average molecular weight is 936 g/mol. The minimum Gasteiger partial charge on any atom is -0.493 e. The molecule has 16 heteroatoms. The van der Waals surface area contributed by atoms with Crippen LogP contribution >= 0.6 is 11.3 Å². The second kappa shape index (κ2) is 21.8. The summed E-state index contributed by atoms with van der Waals surface area (Å²) in [5, 5.41) is 26.3. The van der Waals surface area contributed by atoms with Crippen LogP contribution < -0.4 is 20.9 Å². The van der Waals surface area contributed by atoms with Crippen LogP contribution in [0.4, 0.5) is 4.39 Å². The van der Waals surface area contributed by atoms with Gasteiger partial charge in [0.2, 0.25) is 11.8 Å². The molecule has 1 saturated carbocycles. The van der Waals surface area contributed by atoms with Crippen LogP contribution in [0.1, 0.15) is 87.2 Å². The molecule has 2 unspecified atom stereocenters. The van der Waals surface area contributed by atoms with Gasteiger partial charge in [-0.05, 0) is 97.9 Å². The minimum absolute atomic E-state index is 0.0279. The number of unbranched alkanes of at least 4 members (excludes halogenated alkanes) is 2. The standard InChI is InChI=1S/C51H62FN7O7S/c1-33-45(67-32-55-33)36-17-18-38(29-54-47(62)42-27-39(60)31-59(42)48(63)46(50(2,3)4)56-49(64)51(52)21-22-51)43(26-36)66-25-9-5-8-23-58(24-20-37-28-53-41-11-7-6-10-40(37)41)30-35-14-12-34(13-15-35)16-19-44(61)57-65/h6-7,10-19,26,28,32,39,42,46,53,60,65H,5,8-9,20-25,27,29-31H2,1-4H3,(H,54,62)(H,56,64)(H,57,61)/b19-16+/t39?,42?,46-/m1/s1. The third-order valence-corrected chi connectivity index (χ3v) is 13.5. The van der Waals surface area contributed by atoms with Crippen molar-refractivity contribution in [3.63, 3.8) is 0 Å². The number of rotatable bonds is 21. The predicted molar refractivity (Wildman–Crippen MR) is 257 cm³/mol. The highest BCUT2D eigenvalue weighted by Gasteiger charge is 2.53. The van der Waals surface area contributed by atoms with Crippen molar-refractivity contribution in [2.75, 3.05) is 26.2 Å². The van der Waals surface area contributed by atoms with Crippen molar-refractivity contribution in [2.24, 2.45) is 5.41 Å². The first-order chi connectivity index (χ1) is 32.1. The summed E-state index contributed by atoms with van der Waals surface area (Å²) < 4.78 is 21.2. The number of nitrogens with one attached hydrogen (secondary N) is 4. The zero-order valence-corrected chi connectivity index (χ0v) is 39.5. The molecule has 6 N–H and O–H groups in total. The van der Waals surface area contributed by atoms with Crippen molar-refractivity contribution in [1.82, 2.24) is 35.9 Å². The van der Waals surface area contributed by atoms with E-state index in [4.69, 9.17) is 9.94 Å². The zero-order chi connectivity index (χ0) is 47.7. The van der Waals surface area contributed by atoms with E-state index in [1.165, 1.54) is 33.3 Å². The molecule has 2 aliphatic rings. The Balaban J connectivity index is 0.975. The van der Waals surface area contributed by atoms with Crippen molar-refractivity contribution in [3.05, 3.63) is 112 Å². The lowest BCUT2D eigenvalue weighted by molar-refractivity contribution is -0.145. The number of carbonyl (C=O) groups excluding carboxylic acids is 4. The maximum absolute atomic E-state index is 14.7. The van der Waals surface area contributed by atoms with Gasteiger partial charge >= 0.3 is 0 Å². The molecule has 2 fully saturated rings. The van der Waals surface area contributed by atoms with Gasteiger partial charge in [0.1, 0.15) is 17.8 Å². The topological polar surface area (TPSA) is 189 Å². The third-order valence-electron chi connectivity index (χ3n) is 12.5. The molecule has 0 radical (unpaired) electrons. The number of hydrogen-bond acceptors (Lipinski definition) is 10. The number of alkyl halides is 1. The van der Waals surface area contributed by atoms with E-state index in [2.05, 4.69) is 62.0 Å². The number of hydroxylamine groups is 1. The smallest absolute Gasteiger partial charge is 0.267 e. The first-order valence-corrected chi connectivity index (χ1v) is 23.9. The fraction of sp³-hybridized carbons (Fsp3) is 0.431. The van der Waals surface area contributed by atoms with Gasteiger partial charge in [0.15, 0.2) is 5.67 Å². The second-order valence-corrected chi connectivity index (χ2v) is 19.6. The SMILES string of the molecule is Cc1ncsc1-c1ccc(CNC(=O)C2CC(O)CN2C(=O)[C@@H](NC(=O)C2(F)CC2)C(C)(C)C)c(OCCCCCN(CCc2c[nH]c3ccccc23)Cc2ccc(/C=C/C(=O)NO)cc2)c1. The minimum atomic E-state index is -1.97. The summed E-state index contributed by atoms with van der Waals surface area (Å²) >= 11 is 1.54. The van der Waals surface area contributed by atoms with E-state index in [1.54, 1.807) is 37.8 Å². The number of ether oxygens (including phenoxy) is 1. The Morgan fingerprint density at radius 2 is 1.82 bits per heavy atom. The van der Waals surface area contributed by atoms with E-state index in [9.17, 15) is 28.7 Å². The van der Waals surface area contributed by atoms with Gasteiger partial charge in [0.25, 0.3) is 11.8 Å². The quantitative estimate of drug-likeness (QED) is 0.0194. The molecule has 1 saturated heterocycles. The summed E-state index contributed by atoms with van der Waals surface area (Å²) in [6.45, 7) is 10.2. The number of aryl methyl sites for hydroxylation is 1. The first kappa shape index (κ1) is 49.0. The molecule has 14 nitrogen and oxygen atoms in total. The van der Waals surface area contributed by atoms with Crippen LogP contribution in [0, 0.1) is 12.3 Å². The Morgan fingerprint density at radius 3 is 2.54 bits per heavy atom. The predicted octanol–water partition coefficient (Wildman–Crippen LogP) is 7.02. The number of aromatic nitrogens is 2. The van der Waals surface area contributed by atoms with Gasteiger partial charge in [-0.1, -0.05) is 75.4 Å². The van der Waals surface area contributed by atoms with Gasteiger partial charge in [-0.2, -0.15) is 0 Å². The molecule has 4 amide bonds. The molecule has 5 aromatic rings. The van der Waals surface area contributed by atoms with E-state index in [0.29, 0.717) is 12.4 Å². The van der Waals surface area contributed by atoms with Crippen LogP contribution in [0.5, 0.6) is 5.75 Å². The molecule has 1 aliphatic carbocycles. The molecule has 3 heterocycles. The van der Waals surface area contributed by atoms with Crippen molar-refractivity contribution < 1.29 is 38.6 Å². The van der Waals surface area contributed by atoms with E-state index in [-0.39, 0.29) is 32.4 Å². The normalized spacial score (nSPS) is 17.2. The lowest BCUT2D eigenvalue weighted by atomic mass is 9.85. The number of amides is 4. The molecule has 356 valence electrons. The van der Waals surface area contributed by atoms with Crippen molar-refractivity contribution in [3.8, 4) is 16.2 Å². The van der Waals surface area contributed by atoms with Crippen LogP contribution in [0.15, 0.2) is 84.5 Å². The number of β-amino-alcohol motifs (C(OH)–C–C–N with tert-alkyl or cyclic N) is 1. The van der Waals surface area contributed by atoms with Gasteiger partial charge in [0.05, 0.1) is 28.8 Å². The number of likely N-dealkylation sites (tertiary alicyclic amines) is 1. The van der Waals surface area contributed by atoms with Crippen molar-refractivity contribution in [2.45, 2.75) is 110 Å². The Labute approximate surface area is 395 Å². The molecular weight excluding hydrogens is 874 g/mol. The zero-order valence-electron chi connectivity index (χ0n) is 38.6. The van der Waals surface area contributed by atoms with E-state index in [0.717, 1.165) is 83.7 Å². The second-order valence-electron chi connectivity index (χ2n) is 18.8. The molecule has 3 aromatic carbocycles.